The average molecular weight is 1100 g/mol. The quantitative estimate of drug-likeness (QED) is 0.0121. The number of alkyl carbamates (subject to hydrolysis) is 2. The van der Waals surface area contributed by atoms with Crippen molar-refractivity contribution >= 4 is 59.7 Å². The van der Waals surface area contributed by atoms with Crippen molar-refractivity contribution in [3.05, 3.63) is 110 Å². The van der Waals surface area contributed by atoms with E-state index in [4.69, 9.17) is 29.4 Å². The third-order valence-corrected chi connectivity index (χ3v) is 8.49. The summed E-state index contributed by atoms with van der Waals surface area (Å²) in [6, 6.07) is 13.8. The van der Waals surface area contributed by atoms with Gasteiger partial charge in [0, 0.05) is 13.1 Å². The van der Waals surface area contributed by atoms with Crippen LogP contribution in [0.4, 0.5) is 9.59 Å². The fraction of sp³-hybridized carbons (Fsp3) is 0.417. The molecule has 11 N–H and O–H groups in total. The van der Waals surface area contributed by atoms with Gasteiger partial charge in [-0.1, -0.05) is 80.4 Å². The Morgan fingerprint density at radius 1 is 0.526 bits per heavy atom. The Morgan fingerprint density at radius 3 is 1.20 bits per heavy atom. The second-order valence-electron chi connectivity index (χ2n) is 14.0. The molecule has 27 nitrogen and oxygen atoms in total. The summed E-state index contributed by atoms with van der Waals surface area (Å²) in [6.07, 6.45) is 4.23. The first-order valence-corrected chi connectivity index (χ1v) is 22.5. The summed E-state index contributed by atoms with van der Waals surface area (Å²) in [6.45, 7) is 11.8. The Balaban J connectivity index is -0.00000109. The van der Waals surface area contributed by atoms with Crippen LogP contribution in [0.1, 0.15) is 30.4 Å². The molecule has 0 saturated heterocycles. The zero-order valence-electron chi connectivity index (χ0n) is 43.0. The second kappa shape index (κ2) is 47.6. The molecule has 424 valence electrons. The molecule has 0 bridgehead atoms. The minimum Gasteiger partial charge on any atom is -1.00 e. The van der Waals surface area contributed by atoms with Gasteiger partial charge >= 0.3 is 36.1 Å². The number of carbonyl (C=O) groups excluding carboxylic acids is 10. The summed E-state index contributed by atoms with van der Waals surface area (Å²) in [5, 5.41) is 14.0. The van der Waals surface area contributed by atoms with Crippen molar-refractivity contribution in [2.24, 2.45) is 5.73 Å². The van der Waals surface area contributed by atoms with Gasteiger partial charge in [0.15, 0.2) is 6.04 Å². The second-order valence-corrected chi connectivity index (χ2v) is 14.0. The fourth-order valence-corrected chi connectivity index (χ4v) is 4.71. The van der Waals surface area contributed by atoms with Gasteiger partial charge in [-0.15, -0.1) is 0 Å². The highest BCUT2D eigenvalue weighted by Gasteiger charge is 2.31. The number of esters is 4. The van der Waals surface area contributed by atoms with Gasteiger partial charge in [0.2, 0.25) is 17.9 Å². The number of hydrogen-bond acceptors (Lipinski definition) is 20. The molecular formula is C48H71ClN8O19. The maximum Gasteiger partial charge on any atom is 0.407 e. The Kier molecular flexibility index (Phi) is 45.0. The fourth-order valence-electron chi connectivity index (χ4n) is 4.71. The minimum atomic E-state index is -1.60. The van der Waals surface area contributed by atoms with Gasteiger partial charge < -0.3 is 98.4 Å². The zero-order chi connectivity index (χ0) is 56.7. The summed E-state index contributed by atoms with van der Waals surface area (Å²) >= 11 is 0. The Labute approximate surface area is 446 Å². The number of nitrogens with one attached hydrogen (secondary N) is 6. The summed E-state index contributed by atoms with van der Waals surface area (Å²) in [4.78, 5) is 116. The van der Waals surface area contributed by atoms with E-state index >= 15 is 0 Å². The minimum absolute atomic E-state index is 0. The molecule has 0 aliphatic rings. The van der Waals surface area contributed by atoms with Crippen LogP contribution in [-0.2, 0) is 94.2 Å². The molecule has 0 spiro atoms. The summed E-state index contributed by atoms with van der Waals surface area (Å²) in [7, 11) is 4.49. The van der Waals surface area contributed by atoms with Crippen LogP contribution in [-0.4, -0.2) is 159 Å². The van der Waals surface area contributed by atoms with Crippen LogP contribution in [0.2, 0.25) is 0 Å². The van der Waals surface area contributed by atoms with Crippen molar-refractivity contribution in [3.63, 3.8) is 0 Å². The van der Waals surface area contributed by atoms with E-state index in [0.717, 1.165) is 31.8 Å². The number of ether oxygens (including phenoxy) is 9. The van der Waals surface area contributed by atoms with Crippen molar-refractivity contribution in [1.82, 2.24) is 31.9 Å². The first-order chi connectivity index (χ1) is 36.0. The highest BCUT2D eigenvalue weighted by molar-refractivity contribution is 6.07. The standard InChI is InChI=1S/C23H32N4O7.C15H18N2O7.C5H9NO4.C5H11NO.ClH/c1-3-32-14-8-12-24-21(29)20(22(30)25-13-9-15-33-4-2)27-19(28)16-26-23(31)34-17-18-10-6-5-7-11-18;1-22-13(19)12(14(20)23-2)17-11(18)8-16-15(21)24-9-10-6-4-3-5-7-10;1-9-4(7)3(6)5(8)10-2;1-2-7-5-3-4-6;/h3-7,10-11,20H,1-2,8-9,12-17H2,(H,24,29)(H,25,30)(H,26,31)(H,27,28);3-7,12H,8-9H2,1-2H3,(H,16,21)(H,17,18);3H,6H2,1-2H3;2H,1,3-6H2;1H. The molecule has 2 aromatic rings. The lowest BCUT2D eigenvalue weighted by molar-refractivity contribution is -0.397. The molecule has 28 heteroatoms. The molecule has 0 aliphatic carbocycles. The number of quaternary nitrogens is 1. The largest absolute Gasteiger partial charge is 1.00 e. The molecule has 0 unspecified atom stereocenters. The van der Waals surface area contributed by atoms with Crippen LogP contribution < -0.4 is 55.8 Å². The zero-order valence-corrected chi connectivity index (χ0v) is 43.7. The number of benzene rings is 2. The third-order valence-electron chi connectivity index (χ3n) is 8.49. The van der Waals surface area contributed by atoms with Gasteiger partial charge in [0.1, 0.15) is 26.3 Å². The van der Waals surface area contributed by atoms with E-state index in [1.807, 2.05) is 12.1 Å². The molecule has 2 aromatic carbocycles. The molecule has 0 radical (unpaired) electrons. The lowest BCUT2D eigenvalue weighted by atomic mass is 10.2. The number of carbonyl (C=O) groups is 10. The molecule has 0 atom stereocenters. The van der Waals surface area contributed by atoms with Crippen LogP contribution in [0, 0.1) is 0 Å². The van der Waals surface area contributed by atoms with Crippen molar-refractivity contribution < 1.29 is 109 Å². The van der Waals surface area contributed by atoms with E-state index in [9.17, 15) is 47.9 Å². The Bertz CT molecular complexity index is 1990. The predicted molar refractivity (Wildman–Crippen MR) is 265 cm³/mol. The first kappa shape index (κ1) is 71.8. The predicted octanol–water partition coefficient (Wildman–Crippen LogP) is -4.08. The summed E-state index contributed by atoms with van der Waals surface area (Å²) in [5.41, 5.74) is 9.96. The van der Waals surface area contributed by atoms with Gasteiger partial charge in [-0.25, -0.2) is 28.8 Å². The first-order valence-electron chi connectivity index (χ1n) is 22.5. The van der Waals surface area contributed by atoms with E-state index in [1.54, 1.807) is 48.5 Å². The molecule has 0 saturated carbocycles. The monoisotopic (exact) mass is 1100 g/mol. The highest BCUT2D eigenvalue weighted by Crippen LogP contribution is 2.02. The van der Waals surface area contributed by atoms with Crippen LogP contribution in [0.15, 0.2) is 99.2 Å². The number of methoxy groups -OCH3 is 4. The van der Waals surface area contributed by atoms with Crippen LogP contribution in [0.25, 0.3) is 0 Å². The van der Waals surface area contributed by atoms with Gasteiger partial charge in [-0.3, -0.25) is 19.2 Å². The normalized spacial score (nSPS) is 9.49. The van der Waals surface area contributed by atoms with Crippen molar-refractivity contribution in [3.8, 4) is 0 Å². The molecular weight excluding hydrogens is 1030 g/mol. The van der Waals surface area contributed by atoms with Crippen LogP contribution in [0.5, 0.6) is 0 Å². The Morgan fingerprint density at radius 2 is 0.868 bits per heavy atom. The van der Waals surface area contributed by atoms with Crippen LogP contribution >= 0.6 is 0 Å². The molecule has 0 aliphatic heterocycles. The maximum atomic E-state index is 12.5. The molecule has 76 heavy (non-hydrogen) atoms. The number of nitrogens with two attached hydrogens (primary N) is 1. The number of hydrogen-bond donors (Lipinski definition) is 8. The van der Waals surface area contributed by atoms with E-state index in [-0.39, 0.29) is 38.7 Å². The van der Waals surface area contributed by atoms with Crippen molar-refractivity contribution in [1.29, 1.82) is 0 Å². The SMILES string of the molecule is C=COCCCN.C=COCCCNC(=O)C(NC(=O)CNC(=O)OCc1ccccc1)C(=O)NCCCOC=C.COC(=O)C(NC(=O)CNC(=O)OCc1ccccc1)C(=O)OC.COC(=O)C([NH3+])C(=O)OC.[Cl-]. The summed E-state index contributed by atoms with van der Waals surface area (Å²) < 4.78 is 41.9. The maximum absolute atomic E-state index is 12.5. The van der Waals surface area contributed by atoms with Crippen molar-refractivity contribution in [2.45, 2.75) is 50.6 Å². The van der Waals surface area contributed by atoms with Crippen LogP contribution in [0.3, 0.4) is 0 Å². The number of halogens is 1. The molecule has 0 heterocycles. The van der Waals surface area contributed by atoms with E-state index in [2.05, 4.69) is 76.3 Å². The molecule has 0 aromatic heterocycles. The van der Waals surface area contributed by atoms with E-state index < -0.39 is 90.9 Å². The summed E-state index contributed by atoms with van der Waals surface area (Å²) in [5.74, 6) is -6.26. The van der Waals surface area contributed by atoms with E-state index in [0.29, 0.717) is 39.2 Å². The highest BCUT2D eigenvalue weighted by atomic mass is 35.5. The van der Waals surface area contributed by atoms with Gasteiger partial charge in [0.05, 0.1) is 67.0 Å². The van der Waals surface area contributed by atoms with E-state index in [1.165, 1.54) is 33.0 Å². The lowest BCUT2D eigenvalue weighted by Crippen LogP contribution is -3.00. The van der Waals surface area contributed by atoms with Gasteiger partial charge in [-0.2, -0.15) is 0 Å². The average Bonchev–Trinajstić information content (AvgIpc) is 3.43. The third kappa shape index (κ3) is 37.3. The number of rotatable bonds is 30. The lowest BCUT2D eigenvalue weighted by Gasteiger charge is -2.18. The topological polar surface area (TPSA) is 380 Å². The smallest absolute Gasteiger partial charge is 0.407 e. The van der Waals surface area contributed by atoms with Gasteiger partial charge in [0.25, 0.3) is 17.9 Å². The van der Waals surface area contributed by atoms with Crippen molar-refractivity contribution in [2.75, 3.05) is 81.0 Å². The molecule has 6 amide bonds. The van der Waals surface area contributed by atoms with Gasteiger partial charge in [-0.05, 0) is 36.9 Å². The number of amides is 6. The Hall–Kier alpha value is -8.43. The molecule has 2 rings (SSSR count). The molecule has 0 fully saturated rings.